The Balaban J connectivity index is 1.39. The third-order valence-corrected chi connectivity index (χ3v) is 7.61. The van der Waals surface area contributed by atoms with E-state index in [4.69, 9.17) is 4.74 Å². The van der Waals surface area contributed by atoms with Crippen molar-refractivity contribution in [2.24, 2.45) is 5.92 Å². The van der Waals surface area contributed by atoms with Gasteiger partial charge >= 0.3 is 18.2 Å². The average Bonchev–Trinajstić information content (AvgIpc) is 2.81. The van der Waals surface area contributed by atoms with Crippen LogP contribution in [-0.2, 0) is 14.6 Å². The van der Waals surface area contributed by atoms with Gasteiger partial charge in [0.05, 0.1) is 11.5 Å². The molecule has 0 aromatic heterocycles. The first-order valence-electron chi connectivity index (χ1n) is 11.4. The van der Waals surface area contributed by atoms with E-state index in [0.717, 1.165) is 42.9 Å². The number of amides is 1. The zero-order valence-corrected chi connectivity index (χ0v) is 20.4. The Labute approximate surface area is 205 Å². The van der Waals surface area contributed by atoms with E-state index in [2.05, 4.69) is 9.64 Å². The van der Waals surface area contributed by atoms with Crippen LogP contribution in [0.3, 0.4) is 0 Å². The highest BCUT2D eigenvalue weighted by Gasteiger charge is 2.58. The van der Waals surface area contributed by atoms with Gasteiger partial charge in [0.1, 0.15) is 0 Å². The Hall–Kier alpha value is -2.22. The molecule has 0 unspecified atom stereocenters. The van der Waals surface area contributed by atoms with Crippen LogP contribution in [0.2, 0.25) is 0 Å². The molecule has 1 amide bonds. The topological polar surface area (TPSA) is 76.2 Å². The third kappa shape index (κ3) is 7.17. The van der Waals surface area contributed by atoms with Gasteiger partial charge in [-0.3, -0.25) is 4.90 Å². The van der Waals surface area contributed by atoms with Crippen molar-refractivity contribution in [3.05, 3.63) is 24.0 Å². The molecule has 1 heterocycles. The maximum absolute atomic E-state index is 14.2. The summed E-state index contributed by atoms with van der Waals surface area (Å²) in [6.45, 7) is -0.579. The smallest absolute Gasteiger partial charge is 0.456 e. The first-order valence-corrected chi connectivity index (χ1v) is 13.3. The van der Waals surface area contributed by atoms with Crippen LogP contribution in [0.4, 0.5) is 31.1 Å². The number of ether oxygens (including phenoxy) is 2. The number of rotatable bonds is 7. The minimum atomic E-state index is -5.78. The van der Waals surface area contributed by atoms with Gasteiger partial charge < -0.3 is 14.4 Å². The number of nitrogens with zero attached hydrogens (tertiary/aromatic N) is 2. The van der Waals surface area contributed by atoms with E-state index < -0.39 is 40.5 Å². The molecule has 0 atom stereocenters. The lowest BCUT2D eigenvalue weighted by Crippen LogP contribution is -2.53. The zero-order valence-electron chi connectivity index (χ0n) is 19.6. The number of benzene rings is 1. The Morgan fingerprint density at radius 2 is 1.64 bits per heavy atom. The lowest BCUT2D eigenvalue weighted by Gasteiger charge is -2.41. The van der Waals surface area contributed by atoms with Crippen molar-refractivity contribution < 1.29 is 49.0 Å². The Kier molecular flexibility index (Phi) is 8.69. The molecule has 1 aromatic rings. The van der Waals surface area contributed by atoms with Gasteiger partial charge in [-0.15, -0.1) is 0 Å². The molecule has 1 aliphatic carbocycles. The van der Waals surface area contributed by atoms with Crippen LogP contribution < -0.4 is 4.74 Å². The molecule has 2 aliphatic rings. The Bertz CT molecular complexity index is 1020. The number of carbonyl (C=O) groups excluding carboxylic acids is 1. The van der Waals surface area contributed by atoms with Crippen LogP contribution in [0.5, 0.6) is 5.75 Å². The standard InChI is InChI=1S/C22H28F6N2O5S/c1-36(32,33)17-6-7-19(18(23)12-17)34-13-15-2-4-16(5-3-15)29-8-10-30(11-9-29)20(31)35-14-21(24,25)22(26,27)28/h6-7,12,15-16H,2-5,8-11,13-14H2,1H3. The van der Waals surface area contributed by atoms with Gasteiger partial charge in [-0.05, 0) is 49.8 Å². The fraction of sp³-hybridized carbons (Fsp3) is 0.682. The van der Waals surface area contributed by atoms with E-state index in [0.29, 0.717) is 13.1 Å². The van der Waals surface area contributed by atoms with Gasteiger partial charge in [0.15, 0.2) is 28.0 Å². The maximum atomic E-state index is 14.2. The summed E-state index contributed by atoms with van der Waals surface area (Å²) in [5.74, 6) is -5.68. The highest BCUT2D eigenvalue weighted by atomic mass is 32.2. The fourth-order valence-electron chi connectivity index (χ4n) is 4.31. The minimum absolute atomic E-state index is 0.0134. The summed E-state index contributed by atoms with van der Waals surface area (Å²) in [7, 11) is -3.52. The number of piperazine rings is 1. The zero-order chi connectivity index (χ0) is 26.7. The van der Waals surface area contributed by atoms with Crippen LogP contribution >= 0.6 is 0 Å². The molecule has 0 radical (unpaired) electrons. The predicted octanol–water partition coefficient (Wildman–Crippen LogP) is 4.12. The molecule has 204 valence electrons. The van der Waals surface area contributed by atoms with Gasteiger partial charge in [-0.2, -0.15) is 22.0 Å². The summed E-state index contributed by atoms with van der Waals surface area (Å²) in [5.41, 5.74) is 0. The molecule has 36 heavy (non-hydrogen) atoms. The summed E-state index contributed by atoms with van der Waals surface area (Å²) in [6.07, 6.45) is -2.72. The molecular formula is C22H28F6N2O5S. The molecule has 0 spiro atoms. The fourth-order valence-corrected chi connectivity index (χ4v) is 4.94. The highest BCUT2D eigenvalue weighted by Crippen LogP contribution is 2.35. The average molecular weight is 547 g/mol. The Morgan fingerprint density at radius 1 is 1.03 bits per heavy atom. The van der Waals surface area contributed by atoms with Gasteiger partial charge in [-0.1, -0.05) is 0 Å². The summed E-state index contributed by atoms with van der Waals surface area (Å²) in [4.78, 5) is 15.0. The largest absolute Gasteiger partial charge is 0.490 e. The van der Waals surface area contributed by atoms with E-state index in [1.54, 1.807) is 0 Å². The first-order chi connectivity index (χ1) is 16.7. The van der Waals surface area contributed by atoms with Gasteiger partial charge in [0.2, 0.25) is 0 Å². The number of halogens is 6. The van der Waals surface area contributed by atoms with Crippen LogP contribution in [0.1, 0.15) is 25.7 Å². The van der Waals surface area contributed by atoms with Crippen molar-refractivity contribution in [3.8, 4) is 5.75 Å². The summed E-state index contributed by atoms with van der Waals surface area (Å²) in [5, 5.41) is 0. The molecule has 0 N–H and O–H groups in total. The normalized spacial score (nSPS) is 22.4. The quantitative estimate of drug-likeness (QED) is 0.479. The molecule has 1 aliphatic heterocycles. The van der Waals surface area contributed by atoms with Crippen LogP contribution in [0.15, 0.2) is 23.1 Å². The molecule has 0 bridgehead atoms. The molecule has 7 nitrogen and oxygen atoms in total. The van der Waals surface area contributed by atoms with E-state index in [1.807, 2.05) is 0 Å². The molecule has 1 saturated carbocycles. The third-order valence-electron chi connectivity index (χ3n) is 6.50. The molecule has 14 heteroatoms. The molecule has 2 fully saturated rings. The van der Waals surface area contributed by atoms with Crippen molar-refractivity contribution >= 4 is 15.9 Å². The lowest BCUT2D eigenvalue weighted by atomic mass is 9.85. The molecule has 3 rings (SSSR count). The number of alkyl halides is 5. The van der Waals surface area contributed by atoms with Gasteiger partial charge in [-0.25, -0.2) is 17.6 Å². The summed E-state index contributed by atoms with van der Waals surface area (Å²) in [6, 6.07) is 3.74. The first kappa shape index (κ1) is 28.4. The number of hydrogen-bond donors (Lipinski definition) is 0. The van der Waals surface area contributed by atoms with Crippen molar-refractivity contribution in [3.63, 3.8) is 0 Å². The van der Waals surface area contributed by atoms with E-state index in [9.17, 15) is 39.6 Å². The highest BCUT2D eigenvalue weighted by molar-refractivity contribution is 7.90. The number of carbonyl (C=O) groups is 1. The van der Waals surface area contributed by atoms with Crippen LogP contribution in [-0.4, -0.2) is 88.1 Å². The molecule has 1 aromatic carbocycles. The molecular weight excluding hydrogens is 518 g/mol. The second-order valence-corrected chi connectivity index (χ2v) is 11.1. The monoisotopic (exact) mass is 546 g/mol. The predicted molar refractivity (Wildman–Crippen MR) is 116 cm³/mol. The van der Waals surface area contributed by atoms with Crippen molar-refractivity contribution in [1.82, 2.24) is 9.80 Å². The van der Waals surface area contributed by atoms with Crippen molar-refractivity contribution in [1.29, 1.82) is 0 Å². The van der Waals surface area contributed by atoms with Crippen LogP contribution in [0.25, 0.3) is 0 Å². The van der Waals surface area contributed by atoms with Gasteiger partial charge in [0, 0.05) is 38.5 Å². The van der Waals surface area contributed by atoms with E-state index in [-0.39, 0.29) is 42.3 Å². The van der Waals surface area contributed by atoms with Crippen molar-refractivity contribution in [2.45, 2.75) is 48.7 Å². The van der Waals surface area contributed by atoms with Crippen LogP contribution in [0, 0.1) is 11.7 Å². The SMILES string of the molecule is CS(=O)(=O)c1ccc(OCC2CCC(N3CCN(C(=O)OCC(F)(F)C(F)(F)F)CC3)CC2)c(F)c1. The Morgan fingerprint density at radius 3 is 2.17 bits per heavy atom. The second kappa shape index (κ2) is 11.0. The summed E-state index contributed by atoms with van der Waals surface area (Å²) < 4.78 is 109. The molecule has 1 saturated heterocycles. The second-order valence-electron chi connectivity index (χ2n) is 9.13. The van der Waals surface area contributed by atoms with Crippen molar-refractivity contribution in [2.75, 3.05) is 45.6 Å². The maximum Gasteiger partial charge on any atom is 0.456 e. The number of hydrogen-bond acceptors (Lipinski definition) is 6. The van der Waals surface area contributed by atoms with Gasteiger partial charge in [0.25, 0.3) is 0 Å². The minimum Gasteiger partial charge on any atom is -0.490 e. The summed E-state index contributed by atoms with van der Waals surface area (Å²) >= 11 is 0. The van der Waals surface area contributed by atoms with E-state index >= 15 is 0 Å². The number of sulfone groups is 1. The van der Waals surface area contributed by atoms with E-state index in [1.165, 1.54) is 12.1 Å². The lowest BCUT2D eigenvalue weighted by molar-refractivity contribution is -0.292.